The number of carboxylic acid groups (broad SMARTS) is 1. The summed E-state index contributed by atoms with van der Waals surface area (Å²) in [5.74, 6) is -0.811. The molecule has 1 aliphatic heterocycles. The summed E-state index contributed by atoms with van der Waals surface area (Å²) in [5, 5.41) is 13.5. The summed E-state index contributed by atoms with van der Waals surface area (Å²) < 4.78 is 1.57. The number of aliphatic carboxylic acids is 1. The van der Waals surface area contributed by atoms with Crippen molar-refractivity contribution in [1.82, 2.24) is 14.7 Å². The fourth-order valence-corrected chi connectivity index (χ4v) is 3.63. The van der Waals surface area contributed by atoms with Crippen LogP contribution in [0.4, 0.5) is 0 Å². The van der Waals surface area contributed by atoms with Gasteiger partial charge >= 0.3 is 5.97 Å². The van der Waals surface area contributed by atoms with E-state index < -0.39 is 12.0 Å². The maximum atomic E-state index is 12.6. The van der Waals surface area contributed by atoms with Crippen molar-refractivity contribution < 1.29 is 14.7 Å². The van der Waals surface area contributed by atoms with Gasteiger partial charge in [0.05, 0.1) is 0 Å². The maximum absolute atomic E-state index is 12.6. The molecule has 6 heteroatoms. The van der Waals surface area contributed by atoms with E-state index in [1.54, 1.807) is 28.9 Å². The molecule has 2 heterocycles. The highest BCUT2D eigenvalue weighted by Crippen LogP contribution is 2.40. The number of carbonyl (C=O) groups excluding carboxylic acids is 1. The summed E-state index contributed by atoms with van der Waals surface area (Å²) in [7, 11) is 1.75. The molecular formula is C14H19N3O3. The number of aryl methyl sites for hydroxylation is 1. The Balaban J connectivity index is 1.90. The number of likely N-dealkylation sites (tertiary alicyclic amines) is 1. The zero-order chi connectivity index (χ0) is 14.3. The molecular weight excluding hydrogens is 258 g/mol. The van der Waals surface area contributed by atoms with Gasteiger partial charge in [-0.3, -0.25) is 9.48 Å². The van der Waals surface area contributed by atoms with Crippen molar-refractivity contribution in [3.8, 4) is 0 Å². The van der Waals surface area contributed by atoms with E-state index in [1.165, 1.54) is 0 Å². The summed E-state index contributed by atoms with van der Waals surface area (Å²) in [5.41, 5.74) is 0.338. The zero-order valence-corrected chi connectivity index (χ0v) is 11.5. The van der Waals surface area contributed by atoms with Crippen molar-refractivity contribution in [2.75, 3.05) is 0 Å². The van der Waals surface area contributed by atoms with Crippen LogP contribution in [0.15, 0.2) is 12.3 Å². The molecule has 2 fully saturated rings. The average Bonchev–Trinajstić information content (AvgIpc) is 3.01. The highest BCUT2D eigenvalue weighted by molar-refractivity contribution is 5.95. The van der Waals surface area contributed by atoms with Crippen LogP contribution in [0, 0.1) is 5.92 Å². The van der Waals surface area contributed by atoms with Crippen LogP contribution in [-0.4, -0.2) is 43.7 Å². The number of carbonyl (C=O) groups is 2. The molecule has 0 aromatic carbocycles. The summed E-state index contributed by atoms with van der Waals surface area (Å²) in [4.78, 5) is 25.7. The van der Waals surface area contributed by atoms with Crippen LogP contribution >= 0.6 is 0 Å². The molecule has 0 radical (unpaired) electrons. The smallest absolute Gasteiger partial charge is 0.326 e. The van der Waals surface area contributed by atoms with Gasteiger partial charge in [0.15, 0.2) is 0 Å². The van der Waals surface area contributed by atoms with E-state index in [4.69, 9.17) is 0 Å². The normalized spacial score (nSPS) is 29.2. The zero-order valence-electron chi connectivity index (χ0n) is 11.5. The Morgan fingerprint density at radius 2 is 2.10 bits per heavy atom. The number of nitrogens with zero attached hydrogens (tertiary/aromatic N) is 3. The molecule has 3 unspecified atom stereocenters. The number of rotatable bonds is 2. The van der Waals surface area contributed by atoms with Crippen molar-refractivity contribution in [2.45, 2.75) is 44.2 Å². The third-order valence-electron chi connectivity index (χ3n) is 4.54. The van der Waals surface area contributed by atoms with Crippen LogP contribution in [0.2, 0.25) is 0 Å². The number of carboxylic acids is 1. The van der Waals surface area contributed by atoms with E-state index in [1.807, 2.05) is 0 Å². The van der Waals surface area contributed by atoms with Crippen molar-refractivity contribution >= 4 is 11.9 Å². The van der Waals surface area contributed by atoms with Gasteiger partial charge in [-0.05, 0) is 31.2 Å². The molecule has 3 rings (SSSR count). The molecule has 0 spiro atoms. The molecule has 1 saturated carbocycles. The van der Waals surface area contributed by atoms with Gasteiger partial charge in [0, 0.05) is 19.3 Å². The van der Waals surface area contributed by atoms with E-state index in [0.717, 1.165) is 25.7 Å². The topological polar surface area (TPSA) is 75.4 Å². The van der Waals surface area contributed by atoms with Gasteiger partial charge in [-0.1, -0.05) is 12.8 Å². The Bertz CT molecular complexity index is 540. The first-order valence-electron chi connectivity index (χ1n) is 7.13. The summed E-state index contributed by atoms with van der Waals surface area (Å²) in [6.07, 6.45) is 6.43. The predicted molar refractivity (Wildman–Crippen MR) is 71.2 cm³/mol. The SMILES string of the molecule is Cn1ccc(C(=O)N2C(C(=O)O)CC3CCCCC32)n1. The van der Waals surface area contributed by atoms with Crippen molar-refractivity contribution in [3.63, 3.8) is 0 Å². The molecule has 1 aromatic heterocycles. The number of hydrogen-bond donors (Lipinski definition) is 1. The van der Waals surface area contributed by atoms with E-state index in [9.17, 15) is 14.7 Å². The standard InChI is InChI=1S/C14H19N3O3/c1-16-7-6-10(15-16)13(18)17-11-5-3-2-4-9(11)8-12(17)14(19)20/h6-7,9,11-12H,2-5,8H2,1H3,(H,19,20). The highest BCUT2D eigenvalue weighted by Gasteiger charge is 2.48. The van der Waals surface area contributed by atoms with Gasteiger partial charge in [0.1, 0.15) is 11.7 Å². The Morgan fingerprint density at radius 3 is 2.75 bits per heavy atom. The van der Waals surface area contributed by atoms with Gasteiger partial charge < -0.3 is 10.0 Å². The molecule has 2 aliphatic rings. The number of amides is 1. The first-order valence-corrected chi connectivity index (χ1v) is 7.13. The molecule has 1 amide bonds. The van der Waals surface area contributed by atoms with Crippen molar-refractivity contribution in [1.29, 1.82) is 0 Å². The number of aromatic nitrogens is 2. The molecule has 1 aliphatic carbocycles. The third-order valence-corrected chi connectivity index (χ3v) is 4.54. The van der Waals surface area contributed by atoms with Gasteiger partial charge in [-0.25, -0.2) is 4.79 Å². The van der Waals surface area contributed by atoms with Gasteiger partial charge in [0.2, 0.25) is 0 Å². The fraction of sp³-hybridized carbons (Fsp3) is 0.643. The maximum Gasteiger partial charge on any atom is 0.326 e. The molecule has 108 valence electrons. The molecule has 3 atom stereocenters. The van der Waals surface area contributed by atoms with E-state index in [0.29, 0.717) is 18.0 Å². The average molecular weight is 277 g/mol. The second-order valence-corrected chi connectivity index (χ2v) is 5.79. The first-order chi connectivity index (χ1) is 9.58. The van der Waals surface area contributed by atoms with Crippen LogP contribution in [0.25, 0.3) is 0 Å². The summed E-state index contributed by atoms with van der Waals surface area (Å²) in [6, 6.07) is 1.02. The minimum atomic E-state index is -0.899. The van der Waals surface area contributed by atoms with Crippen LogP contribution in [-0.2, 0) is 11.8 Å². The lowest BCUT2D eigenvalue weighted by Gasteiger charge is -2.32. The molecule has 1 N–H and O–H groups in total. The Labute approximate surface area is 117 Å². The van der Waals surface area contributed by atoms with E-state index in [-0.39, 0.29) is 11.9 Å². The van der Waals surface area contributed by atoms with Crippen LogP contribution in [0.3, 0.4) is 0 Å². The largest absolute Gasteiger partial charge is 0.480 e. The Kier molecular flexibility index (Phi) is 3.23. The van der Waals surface area contributed by atoms with Gasteiger partial charge in [-0.2, -0.15) is 5.10 Å². The fourth-order valence-electron chi connectivity index (χ4n) is 3.63. The van der Waals surface area contributed by atoms with E-state index in [2.05, 4.69) is 5.10 Å². The number of fused-ring (bicyclic) bond motifs is 1. The molecule has 1 saturated heterocycles. The van der Waals surface area contributed by atoms with Crippen LogP contribution in [0.1, 0.15) is 42.6 Å². The quantitative estimate of drug-likeness (QED) is 0.883. The predicted octanol–water partition coefficient (Wildman–Crippen LogP) is 1.28. The lowest BCUT2D eigenvalue weighted by Crippen LogP contribution is -2.46. The van der Waals surface area contributed by atoms with Crippen molar-refractivity contribution in [3.05, 3.63) is 18.0 Å². The Morgan fingerprint density at radius 1 is 1.35 bits per heavy atom. The third kappa shape index (κ3) is 2.09. The van der Waals surface area contributed by atoms with Crippen LogP contribution < -0.4 is 0 Å². The second kappa shape index (κ2) is 4.92. The highest BCUT2D eigenvalue weighted by atomic mass is 16.4. The monoisotopic (exact) mass is 277 g/mol. The minimum Gasteiger partial charge on any atom is -0.480 e. The first kappa shape index (κ1) is 13.1. The molecule has 1 aromatic rings. The molecule has 0 bridgehead atoms. The van der Waals surface area contributed by atoms with Gasteiger partial charge in [0.25, 0.3) is 5.91 Å². The van der Waals surface area contributed by atoms with Gasteiger partial charge in [-0.15, -0.1) is 0 Å². The lowest BCUT2D eigenvalue weighted by atomic mass is 9.84. The van der Waals surface area contributed by atoms with E-state index >= 15 is 0 Å². The molecule has 6 nitrogen and oxygen atoms in total. The summed E-state index contributed by atoms with van der Waals surface area (Å²) in [6.45, 7) is 0. The molecule has 20 heavy (non-hydrogen) atoms. The van der Waals surface area contributed by atoms with Crippen LogP contribution in [0.5, 0.6) is 0 Å². The van der Waals surface area contributed by atoms with Crippen molar-refractivity contribution in [2.24, 2.45) is 13.0 Å². The summed E-state index contributed by atoms with van der Waals surface area (Å²) >= 11 is 0. The minimum absolute atomic E-state index is 0.0688. The second-order valence-electron chi connectivity index (χ2n) is 5.79. The Hall–Kier alpha value is -1.85. The lowest BCUT2D eigenvalue weighted by molar-refractivity contribution is -0.141. The number of hydrogen-bond acceptors (Lipinski definition) is 3.